The largest absolute Gasteiger partial charge is 0.248 e. The van der Waals surface area contributed by atoms with Gasteiger partial charge in [-0.2, -0.15) is 0 Å². The molecule has 0 bridgehead atoms. The van der Waals surface area contributed by atoms with Gasteiger partial charge in [-0.25, -0.2) is 14.8 Å². The summed E-state index contributed by atoms with van der Waals surface area (Å²) in [6.07, 6.45) is 3.67. The molecular weight excluding hydrogens is 274 g/mol. The van der Waals surface area contributed by atoms with E-state index in [0.717, 1.165) is 18.7 Å². The summed E-state index contributed by atoms with van der Waals surface area (Å²) in [7, 11) is 0. The van der Waals surface area contributed by atoms with Crippen LogP contribution in [0.5, 0.6) is 0 Å². The molecule has 100 valence electrons. The van der Waals surface area contributed by atoms with E-state index in [1.165, 1.54) is 31.4 Å². The molecule has 5 heteroatoms. The molecular formula is C13H17Cl2FN2. The molecule has 1 aromatic carbocycles. The number of piperidine rings is 1. The zero-order valence-corrected chi connectivity index (χ0v) is 11.9. The number of nitrogens with zero attached hydrogens (tertiary/aromatic N) is 1. The maximum Gasteiger partial charge on any atom is 0.142 e. The van der Waals surface area contributed by atoms with Crippen LogP contribution in [0, 0.1) is 5.82 Å². The molecule has 1 heterocycles. The second kappa shape index (κ2) is 6.20. The standard InChI is InChI=1S/C13H17Cl2FN2/c1-9(17-18-5-3-2-4-6-18)10-7-13(16)12(15)8-11(10)14/h7-9,17H,2-6H2,1H3. The Bertz CT molecular complexity index is 420. The zero-order chi connectivity index (χ0) is 13.1. The minimum atomic E-state index is -0.427. The van der Waals surface area contributed by atoms with E-state index in [4.69, 9.17) is 23.2 Å². The molecule has 1 aromatic rings. The van der Waals surface area contributed by atoms with Crippen molar-refractivity contribution in [2.24, 2.45) is 0 Å². The van der Waals surface area contributed by atoms with Crippen LogP contribution in [0.3, 0.4) is 0 Å². The molecule has 0 aromatic heterocycles. The van der Waals surface area contributed by atoms with Gasteiger partial charge in [0.05, 0.1) is 5.02 Å². The number of hydrogen-bond donors (Lipinski definition) is 1. The van der Waals surface area contributed by atoms with E-state index in [1.807, 2.05) is 6.92 Å². The lowest BCUT2D eigenvalue weighted by Gasteiger charge is -2.30. The Hall–Kier alpha value is -0.350. The van der Waals surface area contributed by atoms with Gasteiger partial charge < -0.3 is 0 Å². The van der Waals surface area contributed by atoms with E-state index in [-0.39, 0.29) is 11.1 Å². The van der Waals surface area contributed by atoms with E-state index in [1.54, 1.807) is 0 Å². The quantitative estimate of drug-likeness (QED) is 0.840. The van der Waals surface area contributed by atoms with Gasteiger partial charge in [0, 0.05) is 24.2 Å². The summed E-state index contributed by atoms with van der Waals surface area (Å²) in [4.78, 5) is 0. The molecule has 1 N–H and O–H groups in total. The number of nitrogens with one attached hydrogen (secondary N) is 1. The van der Waals surface area contributed by atoms with Gasteiger partial charge >= 0.3 is 0 Å². The molecule has 2 nitrogen and oxygen atoms in total. The van der Waals surface area contributed by atoms with Crippen LogP contribution in [0.25, 0.3) is 0 Å². The van der Waals surface area contributed by atoms with Gasteiger partial charge in [0.15, 0.2) is 0 Å². The first-order valence-corrected chi connectivity index (χ1v) is 6.99. The Morgan fingerprint density at radius 3 is 2.50 bits per heavy atom. The second-order valence-electron chi connectivity index (χ2n) is 4.69. The third-order valence-corrected chi connectivity index (χ3v) is 3.86. The Labute approximate surface area is 117 Å². The maximum atomic E-state index is 13.5. The number of hydrogen-bond acceptors (Lipinski definition) is 2. The lowest BCUT2D eigenvalue weighted by Crippen LogP contribution is -2.42. The van der Waals surface area contributed by atoms with Crippen molar-refractivity contribution in [3.8, 4) is 0 Å². The van der Waals surface area contributed by atoms with Gasteiger partial charge in [0.1, 0.15) is 5.82 Å². The molecule has 1 atom stereocenters. The van der Waals surface area contributed by atoms with Crippen molar-refractivity contribution < 1.29 is 4.39 Å². The smallest absolute Gasteiger partial charge is 0.142 e. The number of hydrazine groups is 1. The minimum Gasteiger partial charge on any atom is -0.248 e. The first kappa shape index (κ1) is 14.1. The predicted molar refractivity (Wildman–Crippen MR) is 73.4 cm³/mol. The first-order valence-electron chi connectivity index (χ1n) is 6.23. The summed E-state index contributed by atoms with van der Waals surface area (Å²) in [5, 5.41) is 2.74. The van der Waals surface area contributed by atoms with Crippen molar-refractivity contribution in [2.45, 2.75) is 32.2 Å². The Morgan fingerprint density at radius 1 is 1.17 bits per heavy atom. The molecule has 0 radical (unpaired) electrons. The van der Waals surface area contributed by atoms with Gasteiger partial charge in [-0.3, -0.25) is 0 Å². The monoisotopic (exact) mass is 290 g/mol. The van der Waals surface area contributed by atoms with Crippen LogP contribution in [-0.2, 0) is 0 Å². The van der Waals surface area contributed by atoms with Crippen LogP contribution in [0.15, 0.2) is 12.1 Å². The van der Waals surface area contributed by atoms with Gasteiger partial charge in [-0.05, 0) is 37.5 Å². The fourth-order valence-electron chi connectivity index (χ4n) is 2.24. The number of benzene rings is 1. The van der Waals surface area contributed by atoms with Crippen molar-refractivity contribution in [2.75, 3.05) is 13.1 Å². The molecule has 1 fully saturated rings. The molecule has 0 saturated carbocycles. The normalized spacial score (nSPS) is 18.9. The predicted octanol–water partition coefficient (Wildman–Crippen LogP) is 4.18. The number of halogens is 3. The summed E-state index contributed by atoms with van der Waals surface area (Å²) in [6.45, 7) is 4.03. The first-order chi connectivity index (χ1) is 8.58. The molecule has 1 saturated heterocycles. The van der Waals surface area contributed by atoms with Crippen molar-refractivity contribution in [1.82, 2.24) is 10.4 Å². The highest BCUT2D eigenvalue weighted by atomic mass is 35.5. The summed E-state index contributed by atoms with van der Waals surface area (Å²) in [5.74, 6) is -0.427. The average Bonchev–Trinajstić information content (AvgIpc) is 2.35. The molecule has 0 amide bonds. The molecule has 1 aliphatic heterocycles. The average molecular weight is 291 g/mol. The Morgan fingerprint density at radius 2 is 1.83 bits per heavy atom. The lowest BCUT2D eigenvalue weighted by atomic mass is 10.1. The third-order valence-electron chi connectivity index (χ3n) is 3.24. The lowest BCUT2D eigenvalue weighted by molar-refractivity contribution is 0.133. The molecule has 0 aliphatic carbocycles. The van der Waals surface area contributed by atoms with Gasteiger partial charge in [0.25, 0.3) is 0 Å². The minimum absolute atomic E-state index is 0.0256. The third kappa shape index (κ3) is 3.35. The van der Waals surface area contributed by atoms with Gasteiger partial charge in [0.2, 0.25) is 0 Å². The van der Waals surface area contributed by atoms with Crippen molar-refractivity contribution in [1.29, 1.82) is 0 Å². The van der Waals surface area contributed by atoms with E-state index in [9.17, 15) is 4.39 Å². The Kier molecular flexibility index (Phi) is 4.84. The highest BCUT2D eigenvalue weighted by Gasteiger charge is 2.17. The molecule has 1 aliphatic rings. The summed E-state index contributed by atoms with van der Waals surface area (Å²) in [5.41, 5.74) is 4.10. The molecule has 18 heavy (non-hydrogen) atoms. The number of rotatable bonds is 3. The highest BCUT2D eigenvalue weighted by molar-refractivity contribution is 6.35. The van der Waals surface area contributed by atoms with Crippen molar-refractivity contribution in [3.05, 3.63) is 33.6 Å². The topological polar surface area (TPSA) is 15.3 Å². The van der Waals surface area contributed by atoms with Crippen molar-refractivity contribution >= 4 is 23.2 Å². The fourth-order valence-corrected chi connectivity index (χ4v) is 2.78. The SMILES string of the molecule is CC(NN1CCCCC1)c1cc(F)c(Cl)cc1Cl. The van der Waals surface area contributed by atoms with Crippen LogP contribution < -0.4 is 5.43 Å². The second-order valence-corrected chi connectivity index (χ2v) is 5.50. The van der Waals surface area contributed by atoms with E-state index < -0.39 is 5.82 Å². The van der Waals surface area contributed by atoms with Crippen LogP contribution >= 0.6 is 23.2 Å². The van der Waals surface area contributed by atoms with Crippen LogP contribution in [0.1, 0.15) is 37.8 Å². The van der Waals surface area contributed by atoms with Gasteiger partial charge in [-0.15, -0.1) is 0 Å². The summed E-state index contributed by atoms with van der Waals surface area (Å²) >= 11 is 11.8. The Balaban J connectivity index is 2.08. The molecule has 2 rings (SSSR count). The van der Waals surface area contributed by atoms with Crippen molar-refractivity contribution in [3.63, 3.8) is 0 Å². The highest BCUT2D eigenvalue weighted by Crippen LogP contribution is 2.28. The molecule has 1 unspecified atom stereocenters. The van der Waals surface area contributed by atoms with Gasteiger partial charge in [-0.1, -0.05) is 29.6 Å². The maximum absolute atomic E-state index is 13.5. The van der Waals surface area contributed by atoms with E-state index in [0.29, 0.717) is 5.02 Å². The van der Waals surface area contributed by atoms with Crippen LogP contribution in [0.2, 0.25) is 10.0 Å². The fraction of sp³-hybridized carbons (Fsp3) is 0.538. The zero-order valence-electron chi connectivity index (χ0n) is 10.3. The van der Waals surface area contributed by atoms with Crippen LogP contribution in [0.4, 0.5) is 4.39 Å². The summed E-state index contributed by atoms with van der Waals surface area (Å²) < 4.78 is 13.5. The molecule has 0 spiro atoms. The van der Waals surface area contributed by atoms with E-state index >= 15 is 0 Å². The summed E-state index contributed by atoms with van der Waals surface area (Å²) in [6, 6.07) is 2.84. The van der Waals surface area contributed by atoms with E-state index in [2.05, 4.69) is 10.4 Å². The van der Waals surface area contributed by atoms with Crippen LogP contribution in [-0.4, -0.2) is 18.1 Å².